The molecule has 4 aromatic rings. The maximum absolute atomic E-state index is 12.6. The van der Waals surface area contributed by atoms with E-state index < -0.39 is 5.69 Å². The highest BCUT2D eigenvalue weighted by atomic mass is 16.7. The molecule has 1 N–H and O–H groups in total. The number of hydrogen-bond acceptors (Lipinski definition) is 7. The maximum atomic E-state index is 12.6. The van der Waals surface area contributed by atoms with E-state index in [4.69, 9.17) is 4.84 Å². The molecule has 0 bridgehead atoms. The summed E-state index contributed by atoms with van der Waals surface area (Å²) in [6, 6.07) is 17.8. The standard InChI is InChI=1S/C22H22N6O2/c1-27(2)18-10-8-16(9-11-18)12-24-20-19-13-23-15-25-21(19)28(22(29)26-20)30-14-17-6-4-3-5-7-17/h3-11,13,15H,12,14H2,1-2H3,(H,24,26,29). The van der Waals surface area contributed by atoms with Gasteiger partial charge in [0.1, 0.15) is 18.8 Å². The van der Waals surface area contributed by atoms with Crippen molar-refractivity contribution in [1.29, 1.82) is 0 Å². The van der Waals surface area contributed by atoms with Crippen molar-refractivity contribution in [3.8, 4) is 0 Å². The van der Waals surface area contributed by atoms with Crippen LogP contribution < -0.4 is 20.7 Å². The van der Waals surface area contributed by atoms with Gasteiger partial charge in [-0.25, -0.2) is 14.8 Å². The normalized spacial score (nSPS) is 10.7. The lowest BCUT2D eigenvalue weighted by Gasteiger charge is -2.14. The Morgan fingerprint density at radius 3 is 2.53 bits per heavy atom. The van der Waals surface area contributed by atoms with Gasteiger partial charge in [-0.15, -0.1) is 4.73 Å². The molecule has 0 atom stereocenters. The summed E-state index contributed by atoms with van der Waals surface area (Å²) < 4.78 is 1.11. The van der Waals surface area contributed by atoms with E-state index >= 15 is 0 Å². The van der Waals surface area contributed by atoms with Crippen LogP contribution in [0.15, 0.2) is 71.9 Å². The van der Waals surface area contributed by atoms with Gasteiger partial charge in [0, 0.05) is 32.5 Å². The lowest BCUT2D eigenvalue weighted by atomic mass is 10.2. The van der Waals surface area contributed by atoms with Crippen LogP contribution in [0.3, 0.4) is 0 Å². The Balaban J connectivity index is 1.58. The molecule has 2 aromatic carbocycles. The van der Waals surface area contributed by atoms with Crippen molar-refractivity contribution in [1.82, 2.24) is 19.7 Å². The highest BCUT2D eigenvalue weighted by Crippen LogP contribution is 2.18. The van der Waals surface area contributed by atoms with Crippen molar-refractivity contribution in [2.45, 2.75) is 13.2 Å². The van der Waals surface area contributed by atoms with E-state index in [0.29, 0.717) is 23.4 Å². The highest BCUT2D eigenvalue weighted by molar-refractivity contribution is 5.85. The summed E-state index contributed by atoms with van der Waals surface area (Å²) in [5.41, 5.74) is 2.95. The molecule has 0 aliphatic carbocycles. The van der Waals surface area contributed by atoms with Gasteiger partial charge in [-0.05, 0) is 23.3 Å². The van der Waals surface area contributed by atoms with Crippen LogP contribution in [0.4, 0.5) is 11.5 Å². The molecule has 0 unspecified atom stereocenters. The number of hydrogen-bond donors (Lipinski definition) is 1. The van der Waals surface area contributed by atoms with Crippen LogP contribution in [0.25, 0.3) is 11.0 Å². The maximum Gasteiger partial charge on any atom is 0.384 e. The Labute approximate surface area is 173 Å². The number of anilines is 2. The first kappa shape index (κ1) is 19.4. The third kappa shape index (κ3) is 4.22. The average molecular weight is 402 g/mol. The second-order valence-corrected chi connectivity index (χ2v) is 6.97. The Morgan fingerprint density at radius 1 is 1.03 bits per heavy atom. The lowest BCUT2D eigenvalue weighted by molar-refractivity contribution is 0.0950. The van der Waals surface area contributed by atoms with Gasteiger partial charge in [0.25, 0.3) is 0 Å². The summed E-state index contributed by atoms with van der Waals surface area (Å²) in [6.45, 7) is 0.742. The molecule has 0 spiro atoms. The molecule has 0 saturated carbocycles. The minimum absolute atomic E-state index is 0.229. The zero-order valence-electron chi connectivity index (χ0n) is 16.8. The molecule has 30 heavy (non-hydrogen) atoms. The number of rotatable bonds is 7. The van der Waals surface area contributed by atoms with Crippen LogP contribution in [0.5, 0.6) is 0 Å². The Hall–Kier alpha value is -3.94. The zero-order chi connectivity index (χ0) is 20.9. The topological polar surface area (TPSA) is 85.2 Å². The molecule has 152 valence electrons. The van der Waals surface area contributed by atoms with Crippen molar-refractivity contribution in [3.63, 3.8) is 0 Å². The molecule has 8 nitrogen and oxygen atoms in total. The summed E-state index contributed by atoms with van der Waals surface area (Å²) in [7, 11) is 4.00. The summed E-state index contributed by atoms with van der Waals surface area (Å²) in [6.07, 6.45) is 3.00. The Morgan fingerprint density at radius 2 is 1.80 bits per heavy atom. The first-order valence-electron chi connectivity index (χ1n) is 9.52. The van der Waals surface area contributed by atoms with E-state index in [2.05, 4.69) is 20.3 Å². The van der Waals surface area contributed by atoms with Gasteiger partial charge in [-0.2, -0.15) is 4.98 Å². The van der Waals surface area contributed by atoms with Gasteiger partial charge in [-0.1, -0.05) is 42.5 Å². The molecule has 2 heterocycles. The van der Waals surface area contributed by atoms with Crippen LogP contribution >= 0.6 is 0 Å². The predicted molar refractivity (Wildman–Crippen MR) is 116 cm³/mol. The van der Waals surface area contributed by atoms with Gasteiger partial charge in [-0.3, -0.25) is 0 Å². The van der Waals surface area contributed by atoms with Crippen LogP contribution in [0.2, 0.25) is 0 Å². The molecular weight excluding hydrogens is 380 g/mol. The minimum Gasteiger partial charge on any atom is -0.403 e. The molecule has 0 radical (unpaired) electrons. The monoisotopic (exact) mass is 402 g/mol. The Bertz CT molecular complexity index is 1190. The molecule has 0 aliphatic heterocycles. The summed E-state index contributed by atoms with van der Waals surface area (Å²) >= 11 is 0. The number of nitrogens with zero attached hydrogens (tertiary/aromatic N) is 5. The van der Waals surface area contributed by atoms with Crippen LogP contribution in [0, 0.1) is 0 Å². The van der Waals surface area contributed by atoms with E-state index in [1.807, 2.05) is 73.6 Å². The van der Waals surface area contributed by atoms with E-state index in [0.717, 1.165) is 21.5 Å². The number of nitrogens with one attached hydrogen (secondary N) is 1. The van der Waals surface area contributed by atoms with Crippen molar-refractivity contribution in [2.75, 3.05) is 24.3 Å². The molecule has 0 aliphatic rings. The number of fused-ring (bicyclic) bond motifs is 1. The number of benzene rings is 2. The fourth-order valence-corrected chi connectivity index (χ4v) is 3.01. The largest absolute Gasteiger partial charge is 0.403 e. The third-order valence-electron chi connectivity index (χ3n) is 4.64. The first-order valence-corrected chi connectivity index (χ1v) is 9.52. The van der Waals surface area contributed by atoms with Gasteiger partial charge in [0.2, 0.25) is 0 Å². The molecular formula is C22H22N6O2. The first-order chi connectivity index (χ1) is 14.6. The van der Waals surface area contributed by atoms with E-state index in [1.165, 1.54) is 6.33 Å². The predicted octanol–water partition coefficient (Wildman–Crippen LogP) is 2.49. The van der Waals surface area contributed by atoms with Gasteiger partial charge < -0.3 is 15.1 Å². The highest BCUT2D eigenvalue weighted by Gasteiger charge is 2.13. The van der Waals surface area contributed by atoms with Crippen LogP contribution in [-0.2, 0) is 13.2 Å². The van der Waals surface area contributed by atoms with Crippen molar-refractivity contribution < 1.29 is 4.84 Å². The second kappa shape index (κ2) is 8.60. The van der Waals surface area contributed by atoms with E-state index in [9.17, 15) is 4.79 Å². The lowest BCUT2D eigenvalue weighted by Crippen LogP contribution is -2.30. The molecule has 0 amide bonds. The SMILES string of the molecule is CN(C)c1ccc(CNc2nc(=O)n(OCc3ccccc3)c3ncncc23)cc1. The van der Waals surface area contributed by atoms with E-state index in [1.54, 1.807) is 6.20 Å². The average Bonchev–Trinajstić information content (AvgIpc) is 2.78. The van der Waals surface area contributed by atoms with Crippen molar-refractivity contribution in [2.24, 2.45) is 0 Å². The molecule has 0 fully saturated rings. The Kier molecular flexibility index (Phi) is 5.56. The zero-order valence-corrected chi connectivity index (χ0v) is 16.8. The quantitative estimate of drug-likeness (QED) is 0.508. The fourth-order valence-electron chi connectivity index (χ4n) is 3.01. The molecule has 2 aromatic heterocycles. The minimum atomic E-state index is -0.539. The third-order valence-corrected chi connectivity index (χ3v) is 4.64. The van der Waals surface area contributed by atoms with E-state index in [-0.39, 0.29) is 6.61 Å². The second-order valence-electron chi connectivity index (χ2n) is 6.97. The smallest absolute Gasteiger partial charge is 0.384 e. The summed E-state index contributed by atoms with van der Waals surface area (Å²) in [5, 5.41) is 3.83. The molecule has 0 saturated heterocycles. The number of aromatic nitrogens is 4. The molecule has 4 rings (SSSR count). The van der Waals surface area contributed by atoms with Crippen LogP contribution in [0.1, 0.15) is 11.1 Å². The summed E-state index contributed by atoms with van der Waals surface area (Å²) in [5.74, 6) is 0.423. The van der Waals surface area contributed by atoms with Crippen LogP contribution in [-0.4, -0.2) is 33.8 Å². The van der Waals surface area contributed by atoms with Gasteiger partial charge in [0.15, 0.2) is 5.65 Å². The van der Waals surface area contributed by atoms with Crippen molar-refractivity contribution in [3.05, 3.63) is 88.7 Å². The fraction of sp³-hybridized carbons (Fsp3) is 0.182. The molecule has 8 heteroatoms. The summed E-state index contributed by atoms with van der Waals surface area (Å²) in [4.78, 5) is 32.9. The van der Waals surface area contributed by atoms with Gasteiger partial charge >= 0.3 is 5.69 Å². The van der Waals surface area contributed by atoms with Gasteiger partial charge in [0.05, 0.1) is 5.39 Å². The van der Waals surface area contributed by atoms with Crippen molar-refractivity contribution >= 4 is 22.5 Å².